The molecule has 2 aromatic carbocycles. The molecule has 0 saturated carbocycles. The number of nitrogens with one attached hydrogen (secondary N) is 1. The first-order valence-electron chi connectivity index (χ1n) is 10.1. The summed E-state index contributed by atoms with van der Waals surface area (Å²) in [4.78, 5) is 15.3. The van der Waals surface area contributed by atoms with E-state index in [4.69, 9.17) is 9.47 Å². The molecule has 0 aromatic heterocycles. The van der Waals surface area contributed by atoms with Crippen LogP contribution >= 0.6 is 0 Å². The number of methoxy groups -OCH3 is 1. The molecule has 150 valence electrons. The van der Waals surface area contributed by atoms with Gasteiger partial charge in [-0.25, -0.2) is 0 Å². The highest BCUT2D eigenvalue weighted by Crippen LogP contribution is 2.26. The van der Waals surface area contributed by atoms with Crippen molar-refractivity contribution >= 4 is 5.91 Å². The number of piperidine rings is 1. The SMILES string of the molecule is CCOc1ccccc1C(=O)NC[C@@H](c1ccc(OC)cc1)N1CCCCC1. The molecule has 2 aromatic rings. The van der Waals surface area contributed by atoms with E-state index in [0.717, 1.165) is 18.8 Å². The van der Waals surface area contributed by atoms with Gasteiger partial charge in [0.1, 0.15) is 11.5 Å². The molecule has 1 N–H and O–H groups in total. The molecule has 1 aliphatic heterocycles. The Morgan fingerprint density at radius 3 is 2.46 bits per heavy atom. The number of rotatable bonds is 8. The van der Waals surface area contributed by atoms with E-state index in [1.54, 1.807) is 7.11 Å². The average molecular weight is 383 g/mol. The standard InChI is InChI=1S/C23H30N2O3/c1-3-28-22-10-6-5-9-20(22)23(26)24-17-21(25-15-7-4-8-16-25)18-11-13-19(27-2)14-12-18/h5-6,9-14,21H,3-4,7-8,15-17H2,1-2H3,(H,24,26)/t21-/m0/s1. The lowest BCUT2D eigenvalue weighted by molar-refractivity contribution is 0.0920. The summed E-state index contributed by atoms with van der Waals surface area (Å²) < 4.78 is 10.9. The van der Waals surface area contributed by atoms with E-state index in [1.807, 2.05) is 43.3 Å². The van der Waals surface area contributed by atoms with Crippen molar-refractivity contribution in [2.75, 3.05) is 33.4 Å². The van der Waals surface area contributed by atoms with Gasteiger partial charge in [0.2, 0.25) is 0 Å². The van der Waals surface area contributed by atoms with Crippen LogP contribution in [-0.4, -0.2) is 44.2 Å². The van der Waals surface area contributed by atoms with E-state index in [9.17, 15) is 4.79 Å². The van der Waals surface area contributed by atoms with Crippen molar-refractivity contribution in [1.29, 1.82) is 0 Å². The van der Waals surface area contributed by atoms with Crippen molar-refractivity contribution in [3.63, 3.8) is 0 Å². The van der Waals surface area contributed by atoms with Gasteiger partial charge < -0.3 is 14.8 Å². The van der Waals surface area contributed by atoms with Gasteiger partial charge in [0, 0.05) is 6.54 Å². The summed E-state index contributed by atoms with van der Waals surface area (Å²) >= 11 is 0. The molecule has 1 amide bonds. The molecular formula is C23H30N2O3. The van der Waals surface area contributed by atoms with Gasteiger partial charge in [0.05, 0.1) is 25.3 Å². The number of amides is 1. The largest absolute Gasteiger partial charge is 0.497 e. The molecule has 0 spiro atoms. The molecule has 0 bridgehead atoms. The van der Waals surface area contributed by atoms with Crippen LogP contribution in [0.1, 0.15) is 48.1 Å². The van der Waals surface area contributed by atoms with Crippen LogP contribution in [0.15, 0.2) is 48.5 Å². The van der Waals surface area contributed by atoms with Gasteiger partial charge in [-0.3, -0.25) is 9.69 Å². The van der Waals surface area contributed by atoms with Gasteiger partial charge in [0.15, 0.2) is 0 Å². The number of benzene rings is 2. The van der Waals surface area contributed by atoms with Crippen LogP contribution in [0.2, 0.25) is 0 Å². The van der Waals surface area contributed by atoms with Crippen LogP contribution in [0.5, 0.6) is 11.5 Å². The molecule has 5 heteroatoms. The summed E-state index contributed by atoms with van der Waals surface area (Å²) in [5, 5.41) is 3.13. The highest BCUT2D eigenvalue weighted by molar-refractivity contribution is 5.96. The van der Waals surface area contributed by atoms with Gasteiger partial charge >= 0.3 is 0 Å². The van der Waals surface area contributed by atoms with E-state index < -0.39 is 0 Å². The fraction of sp³-hybridized carbons (Fsp3) is 0.435. The number of likely N-dealkylation sites (tertiary alicyclic amines) is 1. The predicted molar refractivity (Wildman–Crippen MR) is 111 cm³/mol. The second-order valence-corrected chi connectivity index (χ2v) is 7.02. The molecule has 1 atom stereocenters. The number of carbonyl (C=O) groups is 1. The predicted octanol–water partition coefficient (Wildman–Crippen LogP) is 4.05. The van der Waals surface area contributed by atoms with Gasteiger partial charge in [-0.15, -0.1) is 0 Å². The maximum atomic E-state index is 12.8. The third kappa shape index (κ3) is 5.04. The lowest BCUT2D eigenvalue weighted by Crippen LogP contribution is -2.40. The van der Waals surface area contributed by atoms with Crippen molar-refractivity contribution in [2.45, 2.75) is 32.2 Å². The third-order valence-corrected chi connectivity index (χ3v) is 5.22. The van der Waals surface area contributed by atoms with Crippen LogP contribution in [0.4, 0.5) is 0 Å². The monoisotopic (exact) mass is 382 g/mol. The smallest absolute Gasteiger partial charge is 0.255 e. The molecule has 3 rings (SSSR count). The third-order valence-electron chi connectivity index (χ3n) is 5.22. The molecule has 0 aliphatic carbocycles. The minimum absolute atomic E-state index is 0.0976. The van der Waals surface area contributed by atoms with E-state index in [0.29, 0.717) is 24.5 Å². The van der Waals surface area contributed by atoms with Crippen LogP contribution in [0, 0.1) is 0 Å². The Labute approximate surface area is 167 Å². The van der Waals surface area contributed by atoms with Crippen molar-refractivity contribution in [1.82, 2.24) is 10.2 Å². The van der Waals surface area contributed by atoms with Crippen molar-refractivity contribution < 1.29 is 14.3 Å². The second-order valence-electron chi connectivity index (χ2n) is 7.02. The summed E-state index contributed by atoms with van der Waals surface area (Å²) in [6, 6.07) is 15.7. The van der Waals surface area contributed by atoms with Crippen molar-refractivity contribution in [2.24, 2.45) is 0 Å². The fourth-order valence-electron chi connectivity index (χ4n) is 3.73. The lowest BCUT2D eigenvalue weighted by Gasteiger charge is -2.35. The molecule has 0 unspecified atom stereocenters. The van der Waals surface area contributed by atoms with E-state index >= 15 is 0 Å². The lowest BCUT2D eigenvalue weighted by atomic mass is 10.0. The van der Waals surface area contributed by atoms with Gasteiger partial charge in [-0.05, 0) is 62.7 Å². The summed E-state index contributed by atoms with van der Waals surface area (Å²) in [7, 11) is 1.67. The summed E-state index contributed by atoms with van der Waals surface area (Å²) in [5.74, 6) is 1.37. The maximum absolute atomic E-state index is 12.8. The number of para-hydroxylation sites is 1. The first-order chi connectivity index (χ1) is 13.7. The summed E-state index contributed by atoms with van der Waals surface area (Å²) in [6.45, 7) is 5.13. The minimum atomic E-state index is -0.0976. The zero-order chi connectivity index (χ0) is 19.8. The topological polar surface area (TPSA) is 50.8 Å². The van der Waals surface area contributed by atoms with E-state index in [1.165, 1.54) is 24.8 Å². The van der Waals surface area contributed by atoms with Gasteiger partial charge in [0.25, 0.3) is 5.91 Å². The second kappa shape index (κ2) is 10.1. The molecule has 1 saturated heterocycles. The Hall–Kier alpha value is -2.53. The number of ether oxygens (including phenoxy) is 2. The first-order valence-corrected chi connectivity index (χ1v) is 10.1. The van der Waals surface area contributed by atoms with Crippen LogP contribution in [0.3, 0.4) is 0 Å². The highest BCUT2D eigenvalue weighted by atomic mass is 16.5. The van der Waals surface area contributed by atoms with E-state index in [-0.39, 0.29) is 11.9 Å². The normalized spacial score (nSPS) is 15.6. The molecule has 1 fully saturated rings. The Morgan fingerprint density at radius 1 is 1.07 bits per heavy atom. The Bertz CT molecular complexity index is 755. The van der Waals surface area contributed by atoms with Crippen LogP contribution in [0.25, 0.3) is 0 Å². The molecule has 5 nitrogen and oxygen atoms in total. The highest BCUT2D eigenvalue weighted by Gasteiger charge is 2.23. The fourth-order valence-corrected chi connectivity index (χ4v) is 3.73. The Kier molecular flexibility index (Phi) is 7.31. The molecular weight excluding hydrogens is 352 g/mol. The zero-order valence-electron chi connectivity index (χ0n) is 16.8. The summed E-state index contributed by atoms with van der Waals surface area (Å²) in [6.07, 6.45) is 3.68. The quantitative estimate of drug-likeness (QED) is 0.748. The average Bonchev–Trinajstić information content (AvgIpc) is 2.75. The Morgan fingerprint density at radius 2 is 1.79 bits per heavy atom. The van der Waals surface area contributed by atoms with E-state index in [2.05, 4.69) is 22.3 Å². The van der Waals surface area contributed by atoms with Gasteiger partial charge in [-0.1, -0.05) is 30.7 Å². The van der Waals surface area contributed by atoms with Crippen LogP contribution < -0.4 is 14.8 Å². The minimum Gasteiger partial charge on any atom is -0.497 e. The molecule has 28 heavy (non-hydrogen) atoms. The summed E-state index contributed by atoms with van der Waals surface area (Å²) in [5.41, 5.74) is 1.78. The number of carbonyl (C=O) groups excluding carboxylic acids is 1. The van der Waals surface area contributed by atoms with Gasteiger partial charge in [-0.2, -0.15) is 0 Å². The zero-order valence-corrected chi connectivity index (χ0v) is 16.8. The van der Waals surface area contributed by atoms with Crippen LogP contribution in [-0.2, 0) is 0 Å². The molecule has 0 radical (unpaired) electrons. The maximum Gasteiger partial charge on any atom is 0.255 e. The number of hydrogen-bond acceptors (Lipinski definition) is 4. The van der Waals surface area contributed by atoms with Crippen molar-refractivity contribution in [3.05, 3.63) is 59.7 Å². The molecule has 1 heterocycles. The Balaban J connectivity index is 1.74. The first kappa shape index (κ1) is 20.2. The molecule has 1 aliphatic rings. The number of nitrogens with zero attached hydrogens (tertiary/aromatic N) is 1. The van der Waals surface area contributed by atoms with Crippen molar-refractivity contribution in [3.8, 4) is 11.5 Å². The number of hydrogen-bond donors (Lipinski definition) is 1.